The molecule has 0 atom stereocenters. The van der Waals surface area contributed by atoms with Crippen LogP contribution in [0.15, 0.2) is 53.7 Å². The predicted octanol–water partition coefficient (Wildman–Crippen LogP) is 3.81. The van der Waals surface area contributed by atoms with E-state index in [9.17, 15) is 4.79 Å². The number of ether oxygens (including phenoxy) is 1. The summed E-state index contributed by atoms with van der Waals surface area (Å²) in [6.07, 6.45) is 5.04. The van der Waals surface area contributed by atoms with E-state index in [1.807, 2.05) is 12.1 Å². The maximum atomic E-state index is 12.7. The summed E-state index contributed by atoms with van der Waals surface area (Å²) in [5.74, 6) is 0.373. The van der Waals surface area contributed by atoms with E-state index in [0.717, 1.165) is 11.3 Å². The highest BCUT2D eigenvalue weighted by Crippen LogP contribution is 2.29. The molecule has 3 aromatic heterocycles. The van der Waals surface area contributed by atoms with Crippen LogP contribution in [0.25, 0.3) is 11.0 Å². The van der Waals surface area contributed by atoms with Crippen LogP contribution in [0.2, 0.25) is 10.0 Å². The van der Waals surface area contributed by atoms with Crippen LogP contribution in [0.1, 0.15) is 5.56 Å². The number of aromatic amines is 1. The molecule has 0 amide bonds. The number of aromatic nitrogens is 5. The second kappa shape index (κ2) is 8.83. The molecule has 0 radical (unpaired) electrons. The van der Waals surface area contributed by atoms with E-state index < -0.39 is 0 Å². The fraction of sp³-hybridized carbons (Fsp3) is 0.200. The fourth-order valence-electron chi connectivity index (χ4n) is 2.96. The second-order valence-corrected chi connectivity index (χ2v) is 7.38. The monoisotopic (exact) mass is 444 g/mol. The van der Waals surface area contributed by atoms with E-state index >= 15 is 0 Å². The van der Waals surface area contributed by atoms with E-state index in [1.165, 1.54) is 0 Å². The Hall–Kier alpha value is -2.94. The van der Waals surface area contributed by atoms with Crippen LogP contribution in [0, 0.1) is 0 Å². The average Bonchev–Trinajstić information content (AvgIpc) is 3.17. The van der Waals surface area contributed by atoms with Gasteiger partial charge in [0.1, 0.15) is 5.52 Å². The van der Waals surface area contributed by atoms with E-state index in [4.69, 9.17) is 27.9 Å². The number of pyridine rings is 1. The summed E-state index contributed by atoms with van der Waals surface area (Å²) in [5, 5.41) is 5.16. The Morgan fingerprint density at radius 1 is 1.20 bits per heavy atom. The molecular weight excluding hydrogens is 427 g/mol. The van der Waals surface area contributed by atoms with Gasteiger partial charge in [-0.3, -0.25) is 19.4 Å². The third-order valence-corrected chi connectivity index (χ3v) is 5.27. The Balaban J connectivity index is 1.50. The third kappa shape index (κ3) is 4.30. The molecule has 154 valence electrons. The Labute approximate surface area is 182 Å². The van der Waals surface area contributed by atoms with E-state index in [1.54, 1.807) is 53.4 Å². The molecule has 0 aliphatic carbocycles. The summed E-state index contributed by atoms with van der Waals surface area (Å²) in [4.78, 5) is 25.8. The van der Waals surface area contributed by atoms with Gasteiger partial charge in [-0.1, -0.05) is 29.3 Å². The van der Waals surface area contributed by atoms with Gasteiger partial charge >= 0.3 is 0 Å². The summed E-state index contributed by atoms with van der Waals surface area (Å²) in [7, 11) is 1.78. The number of hydrogen-bond acceptors (Lipinski definition) is 6. The zero-order chi connectivity index (χ0) is 21.1. The molecule has 0 fully saturated rings. The van der Waals surface area contributed by atoms with Crippen LogP contribution in [0.3, 0.4) is 0 Å². The molecule has 0 saturated heterocycles. The van der Waals surface area contributed by atoms with Crippen molar-refractivity contribution in [3.8, 4) is 0 Å². The smallest absolute Gasteiger partial charge is 0.278 e. The topological polar surface area (TPSA) is 88.9 Å². The van der Waals surface area contributed by atoms with Gasteiger partial charge in [-0.15, -0.1) is 0 Å². The number of anilines is 2. The first kappa shape index (κ1) is 20.3. The van der Waals surface area contributed by atoms with Gasteiger partial charge in [0.05, 0.1) is 36.0 Å². The molecule has 30 heavy (non-hydrogen) atoms. The quantitative estimate of drug-likeness (QED) is 0.436. The highest BCUT2D eigenvalue weighted by molar-refractivity contribution is 6.42. The van der Waals surface area contributed by atoms with E-state index in [2.05, 4.69) is 20.1 Å². The summed E-state index contributed by atoms with van der Waals surface area (Å²) >= 11 is 12.1. The zero-order valence-corrected chi connectivity index (χ0v) is 17.6. The standard InChI is InChI=1S/C20H18Cl2N6O2/c1-27(14-4-5-15(21)16(22)9-14)20-25-17-11-24-28(18(17)19(29)26-20)7-8-30-12-13-3-2-6-23-10-13/h2-6,9-11H,7-8,12H2,1H3,(H,25,26,29). The average molecular weight is 445 g/mol. The Bertz CT molecular complexity index is 1230. The molecule has 0 spiro atoms. The third-order valence-electron chi connectivity index (χ3n) is 4.53. The van der Waals surface area contributed by atoms with Gasteiger partial charge in [0.15, 0.2) is 5.52 Å². The normalized spacial score (nSPS) is 11.2. The minimum atomic E-state index is -0.285. The van der Waals surface area contributed by atoms with Crippen LogP contribution < -0.4 is 10.5 Å². The minimum absolute atomic E-state index is 0.285. The lowest BCUT2D eigenvalue weighted by atomic mass is 10.3. The summed E-state index contributed by atoms with van der Waals surface area (Å²) in [6.45, 7) is 1.27. The molecule has 3 heterocycles. The van der Waals surface area contributed by atoms with E-state index in [-0.39, 0.29) is 5.56 Å². The lowest BCUT2D eigenvalue weighted by Crippen LogP contribution is -2.20. The van der Waals surface area contributed by atoms with Crippen LogP contribution >= 0.6 is 23.2 Å². The summed E-state index contributed by atoms with van der Waals surface area (Å²) in [5.41, 5.74) is 2.33. The molecule has 0 aliphatic heterocycles. The molecular formula is C20H18Cl2N6O2. The first-order valence-electron chi connectivity index (χ1n) is 9.14. The molecule has 10 heteroatoms. The molecule has 0 saturated carbocycles. The van der Waals surface area contributed by atoms with Gasteiger partial charge in [0.2, 0.25) is 5.95 Å². The van der Waals surface area contributed by atoms with Crippen LogP contribution in [0.5, 0.6) is 0 Å². The first-order valence-corrected chi connectivity index (χ1v) is 9.90. The summed E-state index contributed by atoms with van der Waals surface area (Å²) < 4.78 is 7.25. The van der Waals surface area contributed by atoms with Gasteiger partial charge < -0.3 is 9.64 Å². The molecule has 1 N–H and O–H groups in total. The summed E-state index contributed by atoms with van der Waals surface area (Å²) in [6, 6.07) is 8.99. The molecule has 0 bridgehead atoms. The van der Waals surface area contributed by atoms with Crippen molar-refractivity contribution in [3.63, 3.8) is 0 Å². The highest BCUT2D eigenvalue weighted by atomic mass is 35.5. The van der Waals surface area contributed by atoms with E-state index in [0.29, 0.717) is 46.8 Å². The van der Waals surface area contributed by atoms with Crippen molar-refractivity contribution in [2.45, 2.75) is 13.2 Å². The van der Waals surface area contributed by atoms with Crippen molar-refractivity contribution in [2.24, 2.45) is 0 Å². The lowest BCUT2D eigenvalue weighted by molar-refractivity contribution is 0.111. The number of halogens is 2. The largest absolute Gasteiger partial charge is 0.375 e. The molecule has 0 unspecified atom stereocenters. The van der Waals surface area contributed by atoms with Crippen molar-refractivity contribution < 1.29 is 4.74 Å². The number of nitrogens with zero attached hydrogens (tertiary/aromatic N) is 5. The SMILES string of the molecule is CN(c1ccc(Cl)c(Cl)c1)c1nc2cnn(CCOCc3cccnc3)c2c(=O)[nH]1. The highest BCUT2D eigenvalue weighted by Gasteiger charge is 2.14. The molecule has 4 aromatic rings. The zero-order valence-electron chi connectivity index (χ0n) is 16.0. The molecule has 8 nitrogen and oxygen atoms in total. The minimum Gasteiger partial charge on any atom is -0.375 e. The molecule has 4 rings (SSSR count). The number of rotatable bonds is 7. The van der Waals surface area contributed by atoms with Crippen molar-refractivity contribution in [1.29, 1.82) is 0 Å². The first-order chi connectivity index (χ1) is 14.5. The Kier molecular flexibility index (Phi) is 5.98. The number of H-pyrrole nitrogens is 1. The lowest BCUT2D eigenvalue weighted by Gasteiger charge is -2.18. The van der Waals surface area contributed by atoms with Crippen LogP contribution in [0.4, 0.5) is 11.6 Å². The molecule has 0 aliphatic rings. The Morgan fingerprint density at radius 2 is 2.07 bits per heavy atom. The van der Waals surface area contributed by atoms with Gasteiger partial charge in [-0.25, -0.2) is 4.98 Å². The van der Waals surface area contributed by atoms with Crippen molar-refractivity contribution in [1.82, 2.24) is 24.7 Å². The number of hydrogen-bond donors (Lipinski definition) is 1. The predicted molar refractivity (Wildman–Crippen MR) is 117 cm³/mol. The van der Waals surface area contributed by atoms with Crippen molar-refractivity contribution in [2.75, 3.05) is 18.6 Å². The maximum Gasteiger partial charge on any atom is 0.278 e. The number of nitrogens with one attached hydrogen (secondary N) is 1. The van der Waals surface area contributed by atoms with Gasteiger partial charge in [-0.05, 0) is 29.8 Å². The number of benzene rings is 1. The van der Waals surface area contributed by atoms with Crippen LogP contribution in [-0.4, -0.2) is 38.4 Å². The maximum absolute atomic E-state index is 12.7. The van der Waals surface area contributed by atoms with Gasteiger partial charge in [0.25, 0.3) is 5.56 Å². The van der Waals surface area contributed by atoms with Crippen molar-refractivity contribution in [3.05, 3.63) is 74.9 Å². The Morgan fingerprint density at radius 3 is 2.83 bits per heavy atom. The van der Waals surface area contributed by atoms with Crippen LogP contribution in [-0.2, 0) is 17.9 Å². The fourth-order valence-corrected chi connectivity index (χ4v) is 3.25. The van der Waals surface area contributed by atoms with Crippen molar-refractivity contribution >= 4 is 45.9 Å². The molecule has 1 aromatic carbocycles. The second-order valence-electron chi connectivity index (χ2n) is 6.56. The van der Waals surface area contributed by atoms with Gasteiger partial charge in [-0.2, -0.15) is 5.10 Å². The number of fused-ring (bicyclic) bond motifs is 1. The van der Waals surface area contributed by atoms with Gasteiger partial charge in [0, 0.05) is 25.1 Å².